The number of nitrogens with one attached hydrogen (secondary N) is 1. The number of benzene rings is 2. The molecule has 1 aromatic heterocycles. The first kappa shape index (κ1) is 17.1. The fraction of sp³-hybridized carbons (Fsp3) is 0.278. The van der Waals surface area contributed by atoms with Gasteiger partial charge in [-0.1, -0.05) is 35.4 Å². The predicted octanol–water partition coefficient (Wildman–Crippen LogP) is 2.32. The molecule has 3 aromatic rings. The van der Waals surface area contributed by atoms with E-state index in [9.17, 15) is 5.11 Å². The van der Waals surface area contributed by atoms with Gasteiger partial charge in [-0.2, -0.15) is 4.68 Å². The minimum atomic E-state index is -0.313. The predicted molar refractivity (Wildman–Crippen MR) is 93.7 cm³/mol. The lowest BCUT2D eigenvalue weighted by Gasteiger charge is -2.23. The van der Waals surface area contributed by atoms with Gasteiger partial charge in [-0.15, -0.1) is 0 Å². The molecule has 0 amide bonds. The molecule has 7 nitrogen and oxygen atoms in total. The van der Waals surface area contributed by atoms with Crippen LogP contribution in [0.1, 0.15) is 19.4 Å². The van der Waals surface area contributed by atoms with Crippen molar-refractivity contribution in [1.29, 1.82) is 0 Å². The first-order valence-electron chi connectivity index (χ1n) is 8.04. The van der Waals surface area contributed by atoms with E-state index >= 15 is 0 Å². The van der Waals surface area contributed by atoms with Crippen LogP contribution in [0.3, 0.4) is 0 Å². The molecular formula is C18H21N5O2. The van der Waals surface area contributed by atoms with Crippen LogP contribution < -0.4 is 10.1 Å². The molecular weight excluding hydrogens is 318 g/mol. The van der Waals surface area contributed by atoms with E-state index in [0.29, 0.717) is 18.3 Å². The highest BCUT2D eigenvalue weighted by Gasteiger charge is 2.15. The number of hydrogen-bond donors (Lipinski definition) is 2. The van der Waals surface area contributed by atoms with E-state index in [2.05, 4.69) is 20.8 Å². The van der Waals surface area contributed by atoms with E-state index in [1.165, 1.54) is 0 Å². The highest BCUT2D eigenvalue weighted by molar-refractivity contribution is 5.34. The number of ether oxygens (including phenoxy) is 1. The first-order valence-corrected chi connectivity index (χ1v) is 8.04. The van der Waals surface area contributed by atoms with E-state index in [4.69, 9.17) is 4.74 Å². The van der Waals surface area contributed by atoms with Crippen LogP contribution in [-0.2, 0) is 6.54 Å². The van der Waals surface area contributed by atoms with E-state index in [1.807, 2.05) is 68.4 Å². The molecule has 0 radical (unpaired) electrons. The van der Waals surface area contributed by atoms with Crippen molar-refractivity contribution < 1.29 is 9.84 Å². The summed E-state index contributed by atoms with van der Waals surface area (Å²) in [4.78, 5) is 0. The maximum absolute atomic E-state index is 9.28. The Balaban J connectivity index is 1.68. The lowest BCUT2D eigenvalue weighted by Crippen LogP contribution is -2.42. The highest BCUT2D eigenvalue weighted by Crippen LogP contribution is 2.21. The molecule has 0 aliphatic carbocycles. The van der Waals surface area contributed by atoms with Gasteiger partial charge in [-0.05, 0) is 54.1 Å². The van der Waals surface area contributed by atoms with Crippen LogP contribution >= 0.6 is 0 Å². The minimum absolute atomic E-state index is 0.0797. The van der Waals surface area contributed by atoms with Gasteiger partial charge in [0.15, 0.2) is 0 Å². The second-order valence-electron chi connectivity index (χ2n) is 6.35. The standard InChI is InChI=1S/C18H21N5O2/c1-18(2,13-24)19-12-14-8-10-16(11-9-14)25-17-20-21-22-23(17)15-6-4-3-5-7-15/h3-11,19,24H,12-13H2,1-2H3. The van der Waals surface area contributed by atoms with E-state index in [0.717, 1.165) is 11.3 Å². The van der Waals surface area contributed by atoms with E-state index in [-0.39, 0.29) is 12.1 Å². The van der Waals surface area contributed by atoms with Crippen LogP contribution in [-0.4, -0.2) is 37.5 Å². The molecule has 25 heavy (non-hydrogen) atoms. The van der Waals surface area contributed by atoms with Gasteiger partial charge in [0.2, 0.25) is 0 Å². The number of aliphatic hydroxyl groups excluding tert-OH is 1. The largest absolute Gasteiger partial charge is 0.423 e. The number of para-hydroxylation sites is 1. The third-order valence-corrected chi connectivity index (χ3v) is 3.74. The molecule has 130 valence electrons. The van der Waals surface area contributed by atoms with Crippen LogP contribution in [0.5, 0.6) is 11.8 Å². The maximum atomic E-state index is 9.28. The number of hydrogen-bond acceptors (Lipinski definition) is 6. The zero-order valence-electron chi connectivity index (χ0n) is 14.3. The topological polar surface area (TPSA) is 85.1 Å². The zero-order chi connectivity index (χ0) is 17.7. The van der Waals surface area contributed by atoms with Crippen LogP contribution in [0.2, 0.25) is 0 Å². The normalized spacial score (nSPS) is 11.5. The third kappa shape index (κ3) is 4.40. The van der Waals surface area contributed by atoms with Crippen LogP contribution in [0.15, 0.2) is 54.6 Å². The molecule has 0 aliphatic heterocycles. The molecule has 3 rings (SSSR count). The van der Waals surface area contributed by atoms with E-state index < -0.39 is 0 Å². The molecule has 2 N–H and O–H groups in total. The van der Waals surface area contributed by atoms with Crippen LogP contribution in [0.25, 0.3) is 5.69 Å². The summed E-state index contributed by atoms with van der Waals surface area (Å²) < 4.78 is 7.33. The molecule has 7 heteroatoms. The minimum Gasteiger partial charge on any atom is -0.423 e. The van der Waals surface area contributed by atoms with Gasteiger partial charge in [-0.3, -0.25) is 0 Å². The Morgan fingerprint density at radius 1 is 1.08 bits per heavy atom. The molecule has 0 saturated heterocycles. The summed E-state index contributed by atoms with van der Waals surface area (Å²) in [6, 6.07) is 17.5. The SMILES string of the molecule is CC(C)(CO)NCc1ccc(Oc2nnnn2-c2ccccc2)cc1. The Bertz CT molecular complexity index is 800. The summed E-state index contributed by atoms with van der Waals surface area (Å²) in [7, 11) is 0. The van der Waals surface area contributed by atoms with Gasteiger partial charge in [-0.25, -0.2) is 0 Å². The van der Waals surface area contributed by atoms with Crippen molar-refractivity contribution in [3.63, 3.8) is 0 Å². The molecule has 0 bridgehead atoms. The van der Waals surface area contributed by atoms with Gasteiger partial charge in [0.1, 0.15) is 5.75 Å². The van der Waals surface area contributed by atoms with E-state index in [1.54, 1.807) is 4.68 Å². The molecule has 0 saturated carbocycles. The zero-order valence-corrected chi connectivity index (χ0v) is 14.3. The summed E-state index contributed by atoms with van der Waals surface area (Å²) in [5.74, 6) is 0.650. The van der Waals surface area contributed by atoms with Crippen LogP contribution in [0, 0.1) is 0 Å². The lowest BCUT2D eigenvalue weighted by molar-refractivity contribution is 0.187. The molecule has 0 aliphatic rings. The van der Waals surface area contributed by atoms with Crippen molar-refractivity contribution in [2.45, 2.75) is 25.9 Å². The summed E-state index contributed by atoms with van der Waals surface area (Å²) in [6.07, 6.45) is 0. The Hall–Kier alpha value is -2.77. The maximum Gasteiger partial charge on any atom is 0.345 e. The average Bonchev–Trinajstić information content (AvgIpc) is 3.10. The average molecular weight is 339 g/mol. The summed E-state index contributed by atoms with van der Waals surface area (Å²) >= 11 is 0. The molecule has 2 aromatic carbocycles. The highest BCUT2D eigenvalue weighted by atomic mass is 16.5. The monoisotopic (exact) mass is 339 g/mol. The van der Waals surface area contributed by atoms with Gasteiger partial charge in [0, 0.05) is 12.1 Å². The van der Waals surface area contributed by atoms with Gasteiger partial charge < -0.3 is 15.2 Å². The smallest absolute Gasteiger partial charge is 0.345 e. The first-order chi connectivity index (χ1) is 12.1. The fourth-order valence-electron chi connectivity index (χ4n) is 2.15. The van der Waals surface area contributed by atoms with Crippen molar-refractivity contribution in [1.82, 2.24) is 25.5 Å². The number of nitrogens with zero attached hydrogens (tertiary/aromatic N) is 4. The second kappa shape index (κ2) is 7.42. The lowest BCUT2D eigenvalue weighted by atomic mass is 10.1. The fourth-order valence-corrected chi connectivity index (χ4v) is 2.15. The van der Waals surface area contributed by atoms with Gasteiger partial charge in [0.05, 0.1) is 12.3 Å². The van der Waals surface area contributed by atoms with Gasteiger partial charge in [0.25, 0.3) is 0 Å². The van der Waals surface area contributed by atoms with Crippen molar-refractivity contribution in [2.24, 2.45) is 0 Å². The Kier molecular flexibility index (Phi) is 5.06. The quantitative estimate of drug-likeness (QED) is 0.687. The summed E-state index contributed by atoms with van der Waals surface area (Å²) in [5, 5.41) is 24.1. The number of tetrazole rings is 1. The van der Waals surface area contributed by atoms with Gasteiger partial charge >= 0.3 is 6.01 Å². The Morgan fingerprint density at radius 3 is 2.48 bits per heavy atom. The number of aromatic nitrogens is 4. The second-order valence-corrected chi connectivity index (χ2v) is 6.35. The Labute approximate surface area is 146 Å². The molecule has 1 heterocycles. The van der Waals surface area contributed by atoms with Crippen LogP contribution in [0.4, 0.5) is 0 Å². The molecule has 0 fully saturated rings. The summed E-state index contributed by atoms with van der Waals surface area (Å²) in [6.45, 7) is 4.65. The molecule has 0 unspecified atom stereocenters. The molecule has 0 spiro atoms. The molecule has 0 atom stereocenters. The number of aliphatic hydroxyl groups is 1. The number of rotatable bonds is 7. The van der Waals surface area contributed by atoms with Crippen molar-refractivity contribution >= 4 is 0 Å². The van der Waals surface area contributed by atoms with Crippen molar-refractivity contribution in [2.75, 3.05) is 6.61 Å². The third-order valence-electron chi connectivity index (χ3n) is 3.74. The van der Waals surface area contributed by atoms with Crippen molar-refractivity contribution in [3.05, 3.63) is 60.2 Å². The van der Waals surface area contributed by atoms with Crippen molar-refractivity contribution in [3.8, 4) is 17.4 Å². The Morgan fingerprint density at radius 2 is 1.80 bits per heavy atom. The summed E-state index contributed by atoms with van der Waals surface area (Å²) in [5.41, 5.74) is 1.61.